The van der Waals surface area contributed by atoms with Crippen LogP contribution in [0.3, 0.4) is 0 Å². The summed E-state index contributed by atoms with van der Waals surface area (Å²) in [7, 11) is 4.32. The first-order valence-corrected chi connectivity index (χ1v) is 7.85. The number of benzene rings is 2. The molecule has 0 saturated carbocycles. The summed E-state index contributed by atoms with van der Waals surface area (Å²) < 4.78 is 67.1. The lowest BCUT2D eigenvalue weighted by molar-refractivity contribution is -0.140. The molecule has 0 atom stereocenters. The fourth-order valence-electron chi connectivity index (χ4n) is 2.37. The number of amides is 1. The molecule has 0 aliphatic heterocycles. The zero-order valence-electron chi connectivity index (χ0n) is 15.2. The van der Waals surface area contributed by atoms with Gasteiger partial charge in [-0.1, -0.05) is 0 Å². The fraction of sp³-hybridized carbons (Fsp3) is 0.211. The minimum absolute atomic E-state index is 0.187. The van der Waals surface area contributed by atoms with Gasteiger partial charge >= 0.3 is 6.18 Å². The molecule has 0 spiro atoms. The van der Waals surface area contributed by atoms with Crippen molar-refractivity contribution in [3.63, 3.8) is 0 Å². The van der Waals surface area contributed by atoms with Crippen molar-refractivity contribution in [3.05, 3.63) is 53.4 Å². The van der Waals surface area contributed by atoms with E-state index >= 15 is 0 Å². The Bertz CT molecular complexity index is 869. The van der Waals surface area contributed by atoms with Gasteiger partial charge in [0.15, 0.2) is 11.5 Å². The number of ether oxygens (including phenoxy) is 3. The summed E-state index contributed by atoms with van der Waals surface area (Å²) in [5.41, 5.74) is -1.12. The van der Waals surface area contributed by atoms with E-state index in [1.54, 1.807) is 12.1 Å². The Morgan fingerprint density at radius 1 is 1.00 bits per heavy atom. The van der Waals surface area contributed by atoms with Crippen LogP contribution in [-0.4, -0.2) is 27.2 Å². The Hall–Kier alpha value is -3.23. The summed E-state index contributed by atoms with van der Waals surface area (Å²) in [6.45, 7) is 0. The summed E-state index contributed by atoms with van der Waals surface area (Å²) in [5.74, 6) is -1.00. The van der Waals surface area contributed by atoms with Crippen molar-refractivity contribution in [1.82, 2.24) is 0 Å². The lowest BCUT2D eigenvalue weighted by Crippen LogP contribution is -2.12. The van der Waals surface area contributed by atoms with Crippen molar-refractivity contribution < 1.29 is 36.6 Å². The number of hydrogen-bond donors (Lipinski definition) is 1. The average Bonchev–Trinajstić information content (AvgIpc) is 2.65. The molecule has 5 nitrogen and oxygen atoms in total. The first-order chi connectivity index (χ1) is 13.2. The van der Waals surface area contributed by atoms with Gasteiger partial charge in [0.05, 0.1) is 26.9 Å². The van der Waals surface area contributed by atoms with E-state index in [4.69, 9.17) is 14.2 Å². The van der Waals surface area contributed by atoms with Gasteiger partial charge in [0, 0.05) is 11.8 Å². The van der Waals surface area contributed by atoms with Gasteiger partial charge in [0.1, 0.15) is 5.82 Å². The molecule has 9 heteroatoms. The van der Waals surface area contributed by atoms with Gasteiger partial charge in [-0.25, -0.2) is 4.39 Å². The van der Waals surface area contributed by atoms with Crippen LogP contribution in [0, 0.1) is 5.82 Å². The molecule has 1 N–H and O–H groups in total. The van der Waals surface area contributed by atoms with Crippen LogP contribution in [0.15, 0.2) is 36.4 Å². The van der Waals surface area contributed by atoms with Crippen LogP contribution in [0.5, 0.6) is 17.2 Å². The summed E-state index contributed by atoms with van der Waals surface area (Å²) in [5, 5.41) is 2.25. The van der Waals surface area contributed by atoms with Gasteiger partial charge in [-0.3, -0.25) is 4.79 Å². The Balaban J connectivity index is 2.21. The number of carbonyl (C=O) groups is 1. The maximum Gasteiger partial charge on any atom is 0.419 e. The topological polar surface area (TPSA) is 56.8 Å². The highest BCUT2D eigenvalue weighted by molar-refractivity contribution is 6.02. The lowest BCUT2D eigenvalue weighted by atomic mass is 10.1. The van der Waals surface area contributed by atoms with Crippen LogP contribution in [0.4, 0.5) is 23.2 Å². The third kappa shape index (κ3) is 4.93. The maximum atomic E-state index is 13.3. The molecule has 0 fully saturated rings. The van der Waals surface area contributed by atoms with E-state index in [9.17, 15) is 22.4 Å². The summed E-state index contributed by atoms with van der Waals surface area (Å²) in [6.07, 6.45) is -2.35. The highest BCUT2D eigenvalue weighted by atomic mass is 19.4. The summed E-state index contributed by atoms with van der Waals surface area (Å²) in [4.78, 5) is 12.0. The molecule has 0 aliphatic rings. The van der Waals surface area contributed by atoms with Crippen molar-refractivity contribution in [3.8, 4) is 17.2 Å². The first-order valence-electron chi connectivity index (χ1n) is 7.85. The standard InChI is InChI=1S/C19H17F4NO4/c1-26-15-8-11(9-16(27-2)18(15)28-3)4-7-17(25)24-12-5-6-14(20)13(10-12)19(21,22)23/h4-10H,1-3H3,(H,24,25). The molecule has 150 valence electrons. The number of alkyl halides is 3. The second-order valence-corrected chi connectivity index (χ2v) is 5.47. The van der Waals surface area contributed by atoms with Crippen LogP contribution in [0.1, 0.15) is 11.1 Å². The van der Waals surface area contributed by atoms with Crippen molar-refractivity contribution >= 4 is 17.7 Å². The molecular weight excluding hydrogens is 382 g/mol. The van der Waals surface area contributed by atoms with E-state index in [0.29, 0.717) is 34.9 Å². The number of halogens is 4. The number of rotatable bonds is 6. The van der Waals surface area contributed by atoms with Crippen molar-refractivity contribution in [2.75, 3.05) is 26.6 Å². The number of methoxy groups -OCH3 is 3. The van der Waals surface area contributed by atoms with E-state index in [-0.39, 0.29) is 5.69 Å². The Kier molecular flexibility index (Phi) is 6.50. The van der Waals surface area contributed by atoms with Gasteiger partial charge in [-0.15, -0.1) is 0 Å². The van der Waals surface area contributed by atoms with Gasteiger partial charge in [-0.05, 0) is 42.0 Å². The third-order valence-electron chi connectivity index (χ3n) is 3.65. The van der Waals surface area contributed by atoms with Crippen LogP contribution < -0.4 is 19.5 Å². The largest absolute Gasteiger partial charge is 0.493 e. The number of carbonyl (C=O) groups excluding carboxylic acids is 1. The molecule has 0 unspecified atom stereocenters. The fourth-order valence-corrected chi connectivity index (χ4v) is 2.37. The molecule has 0 bridgehead atoms. The SMILES string of the molecule is COc1cc(C=CC(=O)Nc2ccc(F)c(C(F)(F)F)c2)cc(OC)c1OC. The van der Waals surface area contributed by atoms with Crippen molar-refractivity contribution in [2.24, 2.45) is 0 Å². The third-order valence-corrected chi connectivity index (χ3v) is 3.65. The van der Waals surface area contributed by atoms with Crippen molar-refractivity contribution in [1.29, 1.82) is 0 Å². The molecule has 2 rings (SSSR count). The van der Waals surface area contributed by atoms with E-state index in [1.807, 2.05) is 0 Å². The normalized spacial score (nSPS) is 11.4. The van der Waals surface area contributed by atoms with Crippen LogP contribution in [0.25, 0.3) is 6.08 Å². The summed E-state index contributed by atoms with van der Waals surface area (Å²) >= 11 is 0. The minimum Gasteiger partial charge on any atom is -0.493 e. The van der Waals surface area contributed by atoms with Gasteiger partial charge in [-0.2, -0.15) is 13.2 Å². The first kappa shape index (κ1) is 21.1. The second-order valence-electron chi connectivity index (χ2n) is 5.47. The Labute approximate surface area is 158 Å². The van der Waals surface area contributed by atoms with Crippen LogP contribution >= 0.6 is 0 Å². The Morgan fingerprint density at radius 2 is 1.61 bits per heavy atom. The van der Waals surface area contributed by atoms with E-state index in [1.165, 1.54) is 27.4 Å². The molecular formula is C19H17F4NO4. The predicted molar refractivity (Wildman–Crippen MR) is 95.2 cm³/mol. The monoisotopic (exact) mass is 399 g/mol. The highest BCUT2D eigenvalue weighted by Crippen LogP contribution is 2.38. The maximum absolute atomic E-state index is 13.3. The predicted octanol–water partition coefficient (Wildman–Crippen LogP) is 4.52. The molecule has 2 aromatic rings. The molecule has 0 aliphatic carbocycles. The van der Waals surface area contributed by atoms with E-state index < -0.39 is 23.5 Å². The molecule has 0 heterocycles. The second kappa shape index (κ2) is 8.64. The van der Waals surface area contributed by atoms with Gasteiger partial charge in [0.25, 0.3) is 0 Å². The highest BCUT2D eigenvalue weighted by Gasteiger charge is 2.34. The zero-order valence-corrected chi connectivity index (χ0v) is 15.2. The van der Waals surface area contributed by atoms with Crippen molar-refractivity contribution in [2.45, 2.75) is 6.18 Å². The molecule has 0 saturated heterocycles. The number of nitrogens with one attached hydrogen (secondary N) is 1. The van der Waals surface area contributed by atoms with Crippen LogP contribution in [-0.2, 0) is 11.0 Å². The van der Waals surface area contributed by atoms with Crippen LogP contribution in [0.2, 0.25) is 0 Å². The average molecular weight is 399 g/mol. The molecule has 0 radical (unpaired) electrons. The number of anilines is 1. The van der Waals surface area contributed by atoms with Gasteiger partial charge in [0.2, 0.25) is 11.7 Å². The molecule has 28 heavy (non-hydrogen) atoms. The smallest absolute Gasteiger partial charge is 0.419 e. The molecule has 0 aromatic heterocycles. The lowest BCUT2D eigenvalue weighted by Gasteiger charge is -2.12. The number of hydrogen-bond acceptors (Lipinski definition) is 4. The van der Waals surface area contributed by atoms with E-state index in [2.05, 4.69) is 5.32 Å². The quantitative estimate of drug-likeness (QED) is 0.573. The minimum atomic E-state index is -4.86. The van der Waals surface area contributed by atoms with Gasteiger partial charge < -0.3 is 19.5 Å². The molecule has 2 aromatic carbocycles. The molecule has 1 amide bonds. The van der Waals surface area contributed by atoms with E-state index in [0.717, 1.165) is 12.1 Å². The Morgan fingerprint density at radius 3 is 2.11 bits per heavy atom. The summed E-state index contributed by atoms with van der Waals surface area (Å²) in [6, 6.07) is 5.38. The zero-order chi connectivity index (χ0) is 20.9.